The minimum Gasteiger partial charge on any atom is -0.493 e. The Kier molecular flexibility index (Phi) is 11.3. The maximum Gasteiger partial charge on any atom is 0.414 e. The fourth-order valence-corrected chi connectivity index (χ4v) is 2.26. The third kappa shape index (κ3) is 10.0. The molecule has 0 atom stereocenters. The fourth-order valence-electron chi connectivity index (χ4n) is 2.26. The highest BCUT2D eigenvalue weighted by molar-refractivity contribution is 6.27. The van der Waals surface area contributed by atoms with Crippen LogP contribution in [0, 0.1) is 0 Å². The number of hydrogen-bond acceptors (Lipinski definition) is 6. The summed E-state index contributed by atoms with van der Waals surface area (Å²) in [6.07, 6.45) is 7.78. The van der Waals surface area contributed by atoms with E-state index in [0.717, 1.165) is 48.8 Å². The first-order valence-corrected chi connectivity index (χ1v) is 9.10. The number of methoxy groups -OCH3 is 1. The van der Waals surface area contributed by atoms with Gasteiger partial charge in [-0.3, -0.25) is 0 Å². The second-order valence-electron chi connectivity index (χ2n) is 5.83. The molecule has 0 saturated heterocycles. The van der Waals surface area contributed by atoms with Crippen LogP contribution in [0.25, 0.3) is 6.08 Å². The molecule has 158 valence electrons. The van der Waals surface area contributed by atoms with Crippen LogP contribution in [-0.2, 0) is 16.1 Å². The van der Waals surface area contributed by atoms with Crippen molar-refractivity contribution in [1.82, 2.24) is 5.32 Å². The number of ether oxygens (including phenoxy) is 2. The lowest BCUT2D eigenvalue weighted by atomic mass is 10.2. The summed E-state index contributed by atoms with van der Waals surface area (Å²) in [7, 11) is 1.67. The van der Waals surface area contributed by atoms with E-state index in [-0.39, 0.29) is 0 Å². The van der Waals surface area contributed by atoms with E-state index in [2.05, 4.69) is 5.32 Å². The number of carbonyl (C=O) groups is 2. The molecule has 0 fully saturated rings. The van der Waals surface area contributed by atoms with Gasteiger partial charge in [0.05, 0.1) is 26.5 Å². The quantitative estimate of drug-likeness (QED) is 0.406. The number of rotatable bonds is 10. The predicted molar refractivity (Wildman–Crippen MR) is 108 cm³/mol. The van der Waals surface area contributed by atoms with Crippen LogP contribution in [0.1, 0.15) is 31.1 Å². The minimum atomic E-state index is -1.82. The average molecular weight is 405 g/mol. The number of furan rings is 1. The Balaban J connectivity index is 0.000000612. The first kappa shape index (κ1) is 23.8. The van der Waals surface area contributed by atoms with Crippen molar-refractivity contribution in [3.05, 3.63) is 54.0 Å². The summed E-state index contributed by atoms with van der Waals surface area (Å²) in [6.45, 7) is 4.40. The predicted octanol–water partition coefficient (Wildman–Crippen LogP) is 3.43. The maximum atomic E-state index is 9.10. The fraction of sp³-hybridized carbons (Fsp3) is 0.333. The van der Waals surface area contributed by atoms with Crippen LogP contribution in [0.5, 0.6) is 11.5 Å². The van der Waals surface area contributed by atoms with Gasteiger partial charge in [-0.1, -0.05) is 18.2 Å². The van der Waals surface area contributed by atoms with Crippen molar-refractivity contribution in [3.8, 4) is 11.5 Å². The van der Waals surface area contributed by atoms with Crippen LogP contribution in [0.2, 0.25) is 0 Å². The van der Waals surface area contributed by atoms with E-state index in [1.54, 1.807) is 13.4 Å². The number of carboxylic acids is 2. The van der Waals surface area contributed by atoms with Crippen molar-refractivity contribution in [2.75, 3.05) is 20.3 Å². The highest BCUT2D eigenvalue weighted by Gasteiger charge is 2.05. The third-order valence-electron chi connectivity index (χ3n) is 3.61. The Hall–Kier alpha value is -3.26. The molecule has 1 aromatic heterocycles. The lowest BCUT2D eigenvalue weighted by molar-refractivity contribution is -0.159. The van der Waals surface area contributed by atoms with E-state index in [0.29, 0.717) is 6.61 Å². The van der Waals surface area contributed by atoms with Crippen LogP contribution >= 0.6 is 0 Å². The smallest absolute Gasteiger partial charge is 0.414 e. The summed E-state index contributed by atoms with van der Waals surface area (Å²) < 4.78 is 16.5. The van der Waals surface area contributed by atoms with Crippen LogP contribution in [0.15, 0.2) is 47.1 Å². The zero-order valence-electron chi connectivity index (χ0n) is 16.6. The van der Waals surface area contributed by atoms with E-state index in [4.69, 9.17) is 33.7 Å². The Labute approximate surface area is 169 Å². The van der Waals surface area contributed by atoms with Crippen molar-refractivity contribution in [2.45, 2.75) is 26.3 Å². The van der Waals surface area contributed by atoms with Gasteiger partial charge < -0.3 is 29.4 Å². The molecule has 0 aliphatic heterocycles. The SMILES string of the molecule is C/C=C/c1ccc(OCCCCNCc2ccco2)c(OC)c1.O=C(O)C(=O)O. The van der Waals surface area contributed by atoms with Gasteiger partial charge in [0.25, 0.3) is 0 Å². The molecule has 1 heterocycles. The number of unbranched alkanes of at least 4 members (excludes halogenated alkanes) is 1. The lowest BCUT2D eigenvalue weighted by Crippen LogP contribution is -2.15. The van der Waals surface area contributed by atoms with Crippen molar-refractivity contribution in [3.63, 3.8) is 0 Å². The van der Waals surface area contributed by atoms with E-state index < -0.39 is 11.9 Å². The summed E-state index contributed by atoms with van der Waals surface area (Å²) in [5, 5.41) is 18.1. The Morgan fingerprint density at radius 1 is 1.14 bits per heavy atom. The summed E-state index contributed by atoms with van der Waals surface area (Å²) in [6, 6.07) is 9.85. The normalized spacial score (nSPS) is 10.3. The van der Waals surface area contributed by atoms with Gasteiger partial charge in [0.1, 0.15) is 5.76 Å². The van der Waals surface area contributed by atoms with E-state index in [1.165, 1.54) is 0 Å². The molecule has 0 amide bonds. The second kappa shape index (κ2) is 13.8. The largest absolute Gasteiger partial charge is 0.493 e. The summed E-state index contributed by atoms with van der Waals surface area (Å²) in [4.78, 5) is 18.2. The highest BCUT2D eigenvalue weighted by Crippen LogP contribution is 2.28. The molecular formula is C21H27NO7. The summed E-state index contributed by atoms with van der Waals surface area (Å²) >= 11 is 0. The van der Waals surface area contributed by atoms with Gasteiger partial charge in [-0.15, -0.1) is 0 Å². The van der Waals surface area contributed by atoms with Gasteiger partial charge in [0, 0.05) is 0 Å². The van der Waals surface area contributed by atoms with Crippen LogP contribution in [0.4, 0.5) is 0 Å². The number of allylic oxidation sites excluding steroid dienone is 1. The Morgan fingerprint density at radius 2 is 1.90 bits per heavy atom. The van der Waals surface area contributed by atoms with Crippen molar-refractivity contribution >= 4 is 18.0 Å². The van der Waals surface area contributed by atoms with Gasteiger partial charge in [-0.05, 0) is 56.1 Å². The monoisotopic (exact) mass is 405 g/mol. The molecule has 0 aliphatic rings. The van der Waals surface area contributed by atoms with Crippen LogP contribution in [0.3, 0.4) is 0 Å². The molecule has 2 aromatic rings. The molecule has 29 heavy (non-hydrogen) atoms. The number of hydrogen-bond donors (Lipinski definition) is 3. The number of carboxylic acid groups (broad SMARTS) is 2. The first-order chi connectivity index (χ1) is 14.0. The Morgan fingerprint density at radius 3 is 2.48 bits per heavy atom. The van der Waals surface area contributed by atoms with Gasteiger partial charge in [0.15, 0.2) is 11.5 Å². The van der Waals surface area contributed by atoms with E-state index >= 15 is 0 Å². The van der Waals surface area contributed by atoms with E-state index in [9.17, 15) is 0 Å². The van der Waals surface area contributed by atoms with Crippen molar-refractivity contribution in [2.24, 2.45) is 0 Å². The topological polar surface area (TPSA) is 118 Å². The number of nitrogens with one attached hydrogen (secondary N) is 1. The number of aliphatic carboxylic acids is 2. The first-order valence-electron chi connectivity index (χ1n) is 9.10. The van der Waals surface area contributed by atoms with Crippen molar-refractivity contribution in [1.29, 1.82) is 0 Å². The molecule has 8 heteroatoms. The summed E-state index contributed by atoms with van der Waals surface area (Å²) in [5.74, 6) is -1.11. The highest BCUT2D eigenvalue weighted by atomic mass is 16.5. The number of benzene rings is 1. The minimum absolute atomic E-state index is 0.682. The van der Waals surface area contributed by atoms with Crippen LogP contribution in [-0.4, -0.2) is 42.4 Å². The standard InChI is InChI=1S/C19H25NO3.C2H2O4/c1-3-7-16-9-10-18(19(14-16)21-2)23-12-5-4-11-20-15-17-8-6-13-22-17;3-1(4)2(5)6/h3,6-10,13-14,20H,4-5,11-12,15H2,1-2H3;(H,3,4)(H,5,6)/b7-3+;. The maximum absolute atomic E-state index is 9.10. The van der Waals surface area contributed by atoms with Gasteiger partial charge >= 0.3 is 11.9 Å². The molecule has 0 unspecified atom stereocenters. The zero-order valence-corrected chi connectivity index (χ0v) is 16.6. The Bertz CT molecular complexity index is 757. The molecule has 0 saturated carbocycles. The van der Waals surface area contributed by atoms with E-state index in [1.807, 2.05) is 49.4 Å². The van der Waals surface area contributed by atoms with Gasteiger partial charge in [-0.25, -0.2) is 9.59 Å². The molecule has 1 aromatic carbocycles. The third-order valence-corrected chi connectivity index (χ3v) is 3.61. The zero-order chi connectivity index (χ0) is 21.5. The molecular weight excluding hydrogens is 378 g/mol. The molecule has 3 N–H and O–H groups in total. The van der Waals surface area contributed by atoms with Crippen LogP contribution < -0.4 is 14.8 Å². The molecule has 0 bridgehead atoms. The molecule has 0 radical (unpaired) electrons. The molecule has 0 aliphatic carbocycles. The molecule has 0 spiro atoms. The molecule has 8 nitrogen and oxygen atoms in total. The van der Waals surface area contributed by atoms with Gasteiger partial charge in [0.2, 0.25) is 0 Å². The average Bonchev–Trinajstić information content (AvgIpc) is 3.22. The molecule has 2 rings (SSSR count). The lowest BCUT2D eigenvalue weighted by Gasteiger charge is -2.11. The van der Waals surface area contributed by atoms with Crippen molar-refractivity contribution < 1.29 is 33.7 Å². The summed E-state index contributed by atoms with van der Waals surface area (Å²) in [5.41, 5.74) is 1.11. The second-order valence-corrected chi connectivity index (χ2v) is 5.83. The van der Waals surface area contributed by atoms with Gasteiger partial charge in [-0.2, -0.15) is 0 Å².